The van der Waals surface area contributed by atoms with Crippen LogP contribution in [0.1, 0.15) is 37.2 Å². The third-order valence-electron chi connectivity index (χ3n) is 3.34. The summed E-state index contributed by atoms with van der Waals surface area (Å²) in [4.78, 5) is 22.7. The van der Waals surface area contributed by atoms with E-state index in [2.05, 4.69) is 15.6 Å². The van der Waals surface area contributed by atoms with Crippen LogP contribution in [0.25, 0.3) is 5.69 Å². The lowest BCUT2D eigenvalue weighted by molar-refractivity contribution is -0.117. The normalized spacial score (nSPS) is 11.9. The Morgan fingerprint density at radius 2 is 2.18 bits per heavy atom. The van der Waals surface area contributed by atoms with E-state index >= 15 is 0 Å². The van der Waals surface area contributed by atoms with Gasteiger partial charge in [0.05, 0.1) is 11.9 Å². The van der Waals surface area contributed by atoms with Gasteiger partial charge in [-0.1, -0.05) is 31.5 Å². The van der Waals surface area contributed by atoms with Crippen molar-refractivity contribution in [3.63, 3.8) is 0 Å². The van der Waals surface area contributed by atoms with Gasteiger partial charge in [0, 0.05) is 12.1 Å². The first kappa shape index (κ1) is 15.7. The molecule has 22 heavy (non-hydrogen) atoms. The van der Waals surface area contributed by atoms with Gasteiger partial charge < -0.3 is 10.4 Å². The maximum Gasteiger partial charge on any atom is 0.358 e. The Morgan fingerprint density at radius 1 is 1.41 bits per heavy atom. The summed E-state index contributed by atoms with van der Waals surface area (Å²) in [7, 11) is 0. The van der Waals surface area contributed by atoms with Crippen molar-refractivity contribution in [1.29, 1.82) is 0 Å². The molecule has 0 saturated carbocycles. The SMILES string of the molecule is CCC(C)CC(=O)Nc1cccc(-n2cc(C(=O)O)nn2)c1. The van der Waals surface area contributed by atoms with E-state index in [-0.39, 0.29) is 11.6 Å². The van der Waals surface area contributed by atoms with Crippen LogP contribution in [-0.2, 0) is 4.79 Å². The van der Waals surface area contributed by atoms with Crippen LogP contribution in [0.4, 0.5) is 5.69 Å². The molecule has 0 saturated heterocycles. The Hall–Kier alpha value is -2.70. The average molecular weight is 302 g/mol. The number of benzene rings is 1. The zero-order chi connectivity index (χ0) is 16.1. The number of anilines is 1. The van der Waals surface area contributed by atoms with Crippen LogP contribution >= 0.6 is 0 Å². The van der Waals surface area contributed by atoms with Gasteiger partial charge in [0.15, 0.2) is 5.69 Å². The second kappa shape index (κ2) is 6.84. The number of carbonyl (C=O) groups excluding carboxylic acids is 1. The van der Waals surface area contributed by atoms with E-state index < -0.39 is 5.97 Å². The van der Waals surface area contributed by atoms with E-state index in [1.807, 2.05) is 13.8 Å². The highest BCUT2D eigenvalue weighted by atomic mass is 16.4. The highest BCUT2D eigenvalue weighted by Gasteiger charge is 2.11. The number of aromatic nitrogens is 3. The zero-order valence-electron chi connectivity index (χ0n) is 12.5. The summed E-state index contributed by atoms with van der Waals surface area (Å²) in [6, 6.07) is 7.00. The summed E-state index contributed by atoms with van der Waals surface area (Å²) in [5, 5.41) is 19.0. The van der Waals surface area contributed by atoms with Crippen molar-refractivity contribution in [3.05, 3.63) is 36.2 Å². The third kappa shape index (κ3) is 3.91. The molecule has 0 aliphatic heterocycles. The van der Waals surface area contributed by atoms with Crippen molar-refractivity contribution in [2.75, 3.05) is 5.32 Å². The van der Waals surface area contributed by atoms with E-state index in [1.54, 1.807) is 24.3 Å². The molecule has 7 heteroatoms. The number of hydrogen-bond acceptors (Lipinski definition) is 4. The minimum atomic E-state index is -1.13. The molecule has 0 aliphatic rings. The largest absolute Gasteiger partial charge is 0.476 e. The van der Waals surface area contributed by atoms with Crippen LogP contribution in [0, 0.1) is 5.92 Å². The van der Waals surface area contributed by atoms with E-state index in [0.717, 1.165) is 6.42 Å². The maximum absolute atomic E-state index is 11.9. The molecule has 0 bridgehead atoms. The van der Waals surface area contributed by atoms with E-state index in [9.17, 15) is 9.59 Å². The van der Waals surface area contributed by atoms with Crippen molar-refractivity contribution >= 4 is 17.6 Å². The molecule has 0 radical (unpaired) electrons. The number of rotatable bonds is 6. The minimum absolute atomic E-state index is 0.0451. The molecule has 0 fully saturated rings. The topological polar surface area (TPSA) is 97.1 Å². The lowest BCUT2D eigenvalue weighted by atomic mass is 10.1. The van der Waals surface area contributed by atoms with Gasteiger partial charge in [-0.15, -0.1) is 5.10 Å². The molecule has 1 amide bonds. The predicted molar refractivity (Wildman–Crippen MR) is 81.0 cm³/mol. The molecule has 116 valence electrons. The molecule has 1 atom stereocenters. The van der Waals surface area contributed by atoms with Gasteiger partial charge in [0.1, 0.15) is 0 Å². The number of nitrogens with one attached hydrogen (secondary N) is 1. The third-order valence-corrected chi connectivity index (χ3v) is 3.34. The summed E-state index contributed by atoms with van der Waals surface area (Å²) in [5.41, 5.74) is 1.13. The monoisotopic (exact) mass is 302 g/mol. The number of carbonyl (C=O) groups is 2. The zero-order valence-corrected chi connectivity index (χ0v) is 12.5. The van der Waals surface area contributed by atoms with Crippen LogP contribution in [-0.4, -0.2) is 32.0 Å². The smallest absolute Gasteiger partial charge is 0.358 e. The molecule has 2 rings (SSSR count). The quantitative estimate of drug-likeness (QED) is 0.853. The summed E-state index contributed by atoms with van der Waals surface area (Å²) >= 11 is 0. The Bertz CT molecular complexity index is 681. The Kier molecular flexibility index (Phi) is 4.88. The minimum Gasteiger partial charge on any atom is -0.476 e. The molecular weight excluding hydrogens is 284 g/mol. The maximum atomic E-state index is 11.9. The van der Waals surface area contributed by atoms with Gasteiger partial charge in [-0.05, 0) is 24.1 Å². The highest BCUT2D eigenvalue weighted by molar-refractivity contribution is 5.91. The Balaban J connectivity index is 2.12. The summed E-state index contributed by atoms with van der Waals surface area (Å²) in [5.74, 6) is -0.850. The first-order valence-electron chi connectivity index (χ1n) is 7.05. The molecule has 7 nitrogen and oxygen atoms in total. The Labute approximate surface area is 128 Å². The lowest BCUT2D eigenvalue weighted by Gasteiger charge is -2.10. The Morgan fingerprint density at radius 3 is 2.82 bits per heavy atom. The fourth-order valence-electron chi connectivity index (χ4n) is 1.89. The summed E-state index contributed by atoms with van der Waals surface area (Å²) in [6.07, 6.45) is 2.74. The second-order valence-corrected chi connectivity index (χ2v) is 5.17. The predicted octanol–water partition coefficient (Wildman–Crippen LogP) is 2.34. The first-order valence-corrected chi connectivity index (χ1v) is 7.05. The fourth-order valence-corrected chi connectivity index (χ4v) is 1.89. The van der Waals surface area contributed by atoms with Gasteiger partial charge in [-0.2, -0.15) is 0 Å². The molecule has 0 aliphatic carbocycles. The number of aromatic carboxylic acids is 1. The second-order valence-electron chi connectivity index (χ2n) is 5.17. The van der Waals surface area contributed by atoms with Gasteiger partial charge in [-0.3, -0.25) is 4.79 Å². The molecule has 1 unspecified atom stereocenters. The fraction of sp³-hybridized carbons (Fsp3) is 0.333. The summed E-state index contributed by atoms with van der Waals surface area (Å²) < 4.78 is 1.35. The number of amides is 1. The molecule has 1 aromatic carbocycles. The van der Waals surface area contributed by atoms with Gasteiger partial charge >= 0.3 is 5.97 Å². The van der Waals surface area contributed by atoms with E-state index in [4.69, 9.17) is 5.11 Å². The molecule has 0 spiro atoms. The van der Waals surface area contributed by atoms with Crippen molar-refractivity contribution in [3.8, 4) is 5.69 Å². The standard InChI is InChI=1S/C15H18N4O3/c1-3-10(2)7-14(20)16-11-5-4-6-12(8-11)19-9-13(15(21)22)17-18-19/h4-6,8-10H,3,7H2,1-2H3,(H,16,20)(H,21,22). The van der Waals surface area contributed by atoms with Crippen LogP contribution in [0.15, 0.2) is 30.5 Å². The number of nitrogens with zero attached hydrogens (tertiary/aromatic N) is 3. The van der Waals surface area contributed by atoms with Crippen molar-refractivity contribution in [2.24, 2.45) is 5.92 Å². The average Bonchev–Trinajstić information content (AvgIpc) is 2.97. The van der Waals surface area contributed by atoms with E-state index in [1.165, 1.54) is 10.9 Å². The van der Waals surface area contributed by atoms with E-state index in [0.29, 0.717) is 23.7 Å². The molecule has 1 aromatic heterocycles. The van der Waals surface area contributed by atoms with Gasteiger partial charge in [-0.25, -0.2) is 9.48 Å². The van der Waals surface area contributed by atoms with Crippen LogP contribution in [0.3, 0.4) is 0 Å². The van der Waals surface area contributed by atoms with Crippen molar-refractivity contribution in [2.45, 2.75) is 26.7 Å². The number of carboxylic acids is 1. The molecule has 1 heterocycles. The van der Waals surface area contributed by atoms with Gasteiger partial charge in [0.25, 0.3) is 0 Å². The lowest BCUT2D eigenvalue weighted by Crippen LogP contribution is -2.15. The van der Waals surface area contributed by atoms with Gasteiger partial charge in [0.2, 0.25) is 5.91 Å². The summed E-state index contributed by atoms with van der Waals surface area (Å²) in [6.45, 7) is 4.07. The van der Waals surface area contributed by atoms with Crippen LogP contribution in [0.5, 0.6) is 0 Å². The van der Waals surface area contributed by atoms with Crippen LogP contribution in [0.2, 0.25) is 0 Å². The first-order chi connectivity index (χ1) is 10.5. The number of carboxylic acid groups (broad SMARTS) is 1. The number of hydrogen-bond donors (Lipinski definition) is 2. The molecule has 2 N–H and O–H groups in total. The molecular formula is C15H18N4O3. The highest BCUT2D eigenvalue weighted by Crippen LogP contribution is 2.16. The van der Waals surface area contributed by atoms with Crippen molar-refractivity contribution < 1.29 is 14.7 Å². The van der Waals surface area contributed by atoms with Crippen LogP contribution < -0.4 is 5.32 Å². The molecule has 2 aromatic rings. The van der Waals surface area contributed by atoms with Crippen molar-refractivity contribution in [1.82, 2.24) is 15.0 Å².